The molecule has 0 spiro atoms. The van der Waals surface area contributed by atoms with Crippen LogP contribution in [0.1, 0.15) is 25.6 Å². The third-order valence-electron chi connectivity index (χ3n) is 2.82. The Balaban J connectivity index is 2.32. The van der Waals surface area contributed by atoms with Gasteiger partial charge in [0.15, 0.2) is 5.03 Å². The Morgan fingerprint density at radius 2 is 2.21 bits per heavy atom. The fourth-order valence-electron chi connectivity index (χ4n) is 1.84. The third-order valence-corrected chi connectivity index (χ3v) is 5.68. The van der Waals surface area contributed by atoms with Crippen molar-refractivity contribution in [3.8, 4) is 0 Å². The summed E-state index contributed by atoms with van der Waals surface area (Å²) in [4.78, 5) is 4.87. The van der Waals surface area contributed by atoms with Gasteiger partial charge in [-0.3, -0.25) is 0 Å². The maximum absolute atomic E-state index is 12.4. The van der Waals surface area contributed by atoms with Crippen LogP contribution in [-0.4, -0.2) is 18.0 Å². The minimum absolute atomic E-state index is 0.194. The van der Waals surface area contributed by atoms with E-state index in [1.54, 1.807) is 4.57 Å². The van der Waals surface area contributed by atoms with Crippen LogP contribution in [0.2, 0.25) is 0 Å². The Bertz CT molecular complexity index is 642. The van der Waals surface area contributed by atoms with E-state index < -0.39 is 15.6 Å². The largest absolute Gasteiger partial charge is 0.321 e. The molecule has 0 amide bonds. The normalized spacial score (nSPS) is 12.8. The van der Waals surface area contributed by atoms with Gasteiger partial charge in [-0.05, 0) is 32.2 Å². The molecule has 7 heteroatoms. The van der Waals surface area contributed by atoms with Crippen LogP contribution < -0.4 is 4.72 Å². The van der Waals surface area contributed by atoms with Gasteiger partial charge in [-0.25, -0.2) is 13.4 Å². The van der Waals surface area contributed by atoms with Gasteiger partial charge in [-0.2, -0.15) is 4.72 Å². The molecule has 0 aromatic carbocycles. The standard InChI is InChI=1S/C12H17N3O2S2/c1-4-15-9-13-8-11(15)19(16,17)14-12(2,3)10-6-5-7-18-10/h5-9,14H,4H2,1-3H3. The molecule has 1 N–H and O–H groups in total. The first-order valence-electron chi connectivity index (χ1n) is 5.95. The molecule has 2 aromatic heterocycles. The molecule has 104 valence electrons. The van der Waals surface area contributed by atoms with E-state index in [0.29, 0.717) is 6.54 Å². The van der Waals surface area contributed by atoms with Crippen LogP contribution in [0.15, 0.2) is 35.1 Å². The van der Waals surface area contributed by atoms with Crippen molar-refractivity contribution >= 4 is 21.4 Å². The summed E-state index contributed by atoms with van der Waals surface area (Å²) in [5.41, 5.74) is -0.643. The second kappa shape index (κ2) is 5.07. The highest BCUT2D eigenvalue weighted by Crippen LogP contribution is 2.26. The first-order chi connectivity index (χ1) is 8.87. The van der Waals surface area contributed by atoms with Gasteiger partial charge >= 0.3 is 0 Å². The number of aryl methyl sites for hydroxylation is 1. The second-order valence-corrected chi connectivity index (χ2v) is 7.30. The van der Waals surface area contributed by atoms with E-state index in [-0.39, 0.29) is 5.03 Å². The van der Waals surface area contributed by atoms with E-state index in [2.05, 4.69) is 9.71 Å². The van der Waals surface area contributed by atoms with Crippen molar-refractivity contribution in [2.24, 2.45) is 0 Å². The van der Waals surface area contributed by atoms with Gasteiger partial charge < -0.3 is 4.57 Å². The molecule has 0 aliphatic rings. The van der Waals surface area contributed by atoms with Crippen molar-refractivity contribution in [1.82, 2.24) is 14.3 Å². The molecular weight excluding hydrogens is 282 g/mol. The Kier molecular flexibility index (Phi) is 3.80. The lowest BCUT2D eigenvalue weighted by atomic mass is 10.1. The summed E-state index contributed by atoms with van der Waals surface area (Å²) in [6, 6.07) is 3.83. The highest BCUT2D eigenvalue weighted by atomic mass is 32.2. The highest BCUT2D eigenvalue weighted by molar-refractivity contribution is 7.89. The molecular formula is C12H17N3O2S2. The first-order valence-corrected chi connectivity index (χ1v) is 8.31. The molecule has 2 heterocycles. The Morgan fingerprint density at radius 3 is 2.79 bits per heavy atom. The summed E-state index contributed by atoms with van der Waals surface area (Å²) in [5.74, 6) is 0. The van der Waals surface area contributed by atoms with Crippen molar-refractivity contribution in [1.29, 1.82) is 0 Å². The SMILES string of the molecule is CCn1cncc1S(=O)(=O)NC(C)(C)c1cccs1. The average Bonchev–Trinajstić information content (AvgIpc) is 2.99. The number of sulfonamides is 1. The van der Waals surface area contributed by atoms with Crippen LogP contribution in [0, 0.1) is 0 Å². The lowest BCUT2D eigenvalue weighted by Gasteiger charge is -2.24. The van der Waals surface area contributed by atoms with Crippen LogP contribution in [0.3, 0.4) is 0 Å². The topological polar surface area (TPSA) is 64.0 Å². The summed E-state index contributed by atoms with van der Waals surface area (Å²) < 4.78 is 29.2. The number of thiophene rings is 1. The molecule has 2 rings (SSSR count). The van der Waals surface area contributed by atoms with E-state index in [1.807, 2.05) is 38.3 Å². The first kappa shape index (κ1) is 14.2. The quantitative estimate of drug-likeness (QED) is 0.920. The number of rotatable bonds is 5. The molecule has 0 fully saturated rings. The van der Waals surface area contributed by atoms with Gasteiger partial charge in [0.25, 0.3) is 10.0 Å². The van der Waals surface area contributed by atoms with Crippen LogP contribution in [-0.2, 0) is 22.1 Å². The van der Waals surface area contributed by atoms with Crippen LogP contribution in [0.4, 0.5) is 0 Å². The molecule has 0 saturated carbocycles. The smallest absolute Gasteiger partial charge is 0.258 e. The molecule has 0 bridgehead atoms. The molecule has 0 unspecified atom stereocenters. The van der Waals surface area contributed by atoms with Gasteiger partial charge in [0, 0.05) is 11.4 Å². The number of nitrogens with zero attached hydrogens (tertiary/aromatic N) is 2. The monoisotopic (exact) mass is 299 g/mol. The maximum Gasteiger partial charge on any atom is 0.258 e. The molecule has 2 aromatic rings. The van der Waals surface area contributed by atoms with Crippen LogP contribution in [0.5, 0.6) is 0 Å². The minimum Gasteiger partial charge on any atom is -0.321 e. The van der Waals surface area contributed by atoms with Crippen LogP contribution >= 0.6 is 11.3 Å². The summed E-state index contributed by atoms with van der Waals surface area (Å²) >= 11 is 1.53. The van der Waals surface area contributed by atoms with Crippen molar-refractivity contribution in [2.75, 3.05) is 0 Å². The molecule has 19 heavy (non-hydrogen) atoms. The predicted octanol–water partition coefficient (Wildman–Crippen LogP) is 2.18. The Labute approximate surface area is 117 Å². The summed E-state index contributed by atoms with van der Waals surface area (Å²) in [6.45, 7) is 6.15. The zero-order valence-electron chi connectivity index (χ0n) is 11.1. The molecule has 0 radical (unpaired) electrons. The van der Waals surface area contributed by atoms with Crippen molar-refractivity contribution in [3.63, 3.8) is 0 Å². The number of imidazole rings is 1. The van der Waals surface area contributed by atoms with Gasteiger partial charge in [-0.1, -0.05) is 6.07 Å². The fraction of sp³-hybridized carbons (Fsp3) is 0.417. The summed E-state index contributed by atoms with van der Waals surface area (Å²) in [6.07, 6.45) is 2.89. The number of nitrogens with one attached hydrogen (secondary N) is 1. The Morgan fingerprint density at radius 1 is 1.47 bits per heavy atom. The number of aromatic nitrogens is 2. The molecule has 5 nitrogen and oxygen atoms in total. The number of hydrogen-bond donors (Lipinski definition) is 1. The predicted molar refractivity (Wildman–Crippen MR) is 75.6 cm³/mol. The van der Waals surface area contributed by atoms with E-state index in [1.165, 1.54) is 23.9 Å². The molecule has 0 aliphatic heterocycles. The highest BCUT2D eigenvalue weighted by Gasteiger charge is 2.30. The molecule has 0 saturated heterocycles. The van der Waals surface area contributed by atoms with Crippen molar-refractivity contribution in [3.05, 3.63) is 34.9 Å². The van der Waals surface area contributed by atoms with Gasteiger partial charge in [-0.15, -0.1) is 11.3 Å². The third kappa shape index (κ3) is 2.88. The summed E-state index contributed by atoms with van der Waals surface area (Å²) in [7, 11) is -3.59. The van der Waals surface area contributed by atoms with Crippen molar-refractivity contribution < 1.29 is 8.42 Å². The zero-order chi connectivity index (χ0) is 14.1. The van der Waals surface area contributed by atoms with E-state index in [0.717, 1.165) is 4.88 Å². The summed E-state index contributed by atoms with van der Waals surface area (Å²) in [5, 5.41) is 2.13. The van der Waals surface area contributed by atoms with Crippen LogP contribution in [0.25, 0.3) is 0 Å². The second-order valence-electron chi connectivity index (χ2n) is 4.73. The Hall–Kier alpha value is -1.18. The molecule has 0 atom stereocenters. The number of hydrogen-bond acceptors (Lipinski definition) is 4. The van der Waals surface area contributed by atoms with E-state index in [9.17, 15) is 8.42 Å². The van der Waals surface area contributed by atoms with Gasteiger partial charge in [0.2, 0.25) is 0 Å². The maximum atomic E-state index is 12.4. The lowest BCUT2D eigenvalue weighted by molar-refractivity contribution is 0.474. The van der Waals surface area contributed by atoms with Crippen molar-refractivity contribution in [2.45, 2.75) is 37.9 Å². The van der Waals surface area contributed by atoms with E-state index >= 15 is 0 Å². The lowest BCUT2D eigenvalue weighted by Crippen LogP contribution is -2.41. The van der Waals surface area contributed by atoms with Gasteiger partial charge in [0.05, 0.1) is 18.1 Å². The minimum atomic E-state index is -3.59. The molecule has 0 aliphatic carbocycles. The fourth-order valence-corrected chi connectivity index (χ4v) is 4.28. The van der Waals surface area contributed by atoms with Gasteiger partial charge in [0.1, 0.15) is 0 Å². The zero-order valence-corrected chi connectivity index (χ0v) is 12.8. The average molecular weight is 299 g/mol. The van der Waals surface area contributed by atoms with E-state index in [4.69, 9.17) is 0 Å².